The van der Waals surface area contributed by atoms with Gasteiger partial charge >= 0.3 is 6.09 Å². The first-order chi connectivity index (χ1) is 14.6. The van der Waals surface area contributed by atoms with Gasteiger partial charge in [-0.2, -0.15) is 4.98 Å². The molecule has 2 aromatic heterocycles. The summed E-state index contributed by atoms with van der Waals surface area (Å²) < 4.78 is 5.52. The Morgan fingerprint density at radius 3 is 2.45 bits per heavy atom. The van der Waals surface area contributed by atoms with E-state index < -0.39 is 5.60 Å². The first-order valence-electron chi connectivity index (χ1n) is 10.4. The van der Waals surface area contributed by atoms with Crippen molar-refractivity contribution in [3.05, 3.63) is 40.0 Å². The van der Waals surface area contributed by atoms with Crippen LogP contribution >= 0.6 is 22.9 Å². The molecule has 0 bridgehead atoms. The maximum absolute atomic E-state index is 12.4. The largest absolute Gasteiger partial charge is 0.444 e. The smallest absolute Gasteiger partial charge is 0.410 e. The molecular weight excluding hydrogens is 432 g/mol. The van der Waals surface area contributed by atoms with E-state index in [9.17, 15) is 4.79 Å². The maximum Gasteiger partial charge on any atom is 0.410 e. The quantitative estimate of drug-likeness (QED) is 0.462. The molecule has 0 saturated carbocycles. The highest BCUT2D eigenvalue weighted by molar-refractivity contribution is 7.17. The Labute approximate surface area is 191 Å². The number of carbonyl (C=O) groups is 1. The molecule has 0 spiro atoms. The van der Waals surface area contributed by atoms with Crippen LogP contribution < -0.4 is 4.90 Å². The number of hydrogen-bond donors (Lipinski definition) is 0. The number of thiophene rings is 1. The van der Waals surface area contributed by atoms with E-state index in [4.69, 9.17) is 16.3 Å². The van der Waals surface area contributed by atoms with Gasteiger partial charge in [0.15, 0.2) is 0 Å². The van der Waals surface area contributed by atoms with E-state index in [1.54, 1.807) is 16.2 Å². The lowest BCUT2D eigenvalue weighted by Crippen LogP contribution is -2.50. The fraction of sp³-hybridized carbons (Fsp3) is 0.435. The fourth-order valence-corrected chi connectivity index (χ4v) is 4.83. The van der Waals surface area contributed by atoms with Crippen molar-refractivity contribution >= 4 is 45.1 Å². The average Bonchev–Trinajstić information content (AvgIpc) is 3.12. The number of amides is 1. The molecular formula is C23H27ClN4O2S. The van der Waals surface area contributed by atoms with Gasteiger partial charge in [-0.3, -0.25) is 0 Å². The van der Waals surface area contributed by atoms with E-state index >= 15 is 0 Å². The van der Waals surface area contributed by atoms with Crippen molar-refractivity contribution in [2.24, 2.45) is 0 Å². The summed E-state index contributed by atoms with van der Waals surface area (Å²) in [5, 5.41) is 3.38. The van der Waals surface area contributed by atoms with Gasteiger partial charge in [-0.1, -0.05) is 18.2 Å². The van der Waals surface area contributed by atoms with E-state index in [-0.39, 0.29) is 11.4 Å². The van der Waals surface area contributed by atoms with Crippen LogP contribution in [0.25, 0.3) is 21.3 Å². The third-order valence-electron chi connectivity index (χ3n) is 5.44. The number of aryl methyl sites for hydroxylation is 2. The molecule has 0 radical (unpaired) electrons. The molecule has 1 aliphatic rings. The first kappa shape index (κ1) is 21.8. The molecule has 1 saturated heterocycles. The van der Waals surface area contributed by atoms with Crippen molar-refractivity contribution in [3.8, 4) is 11.1 Å². The molecule has 31 heavy (non-hydrogen) atoms. The number of halogens is 1. The normalized spacial score (nSPS) is 14.9. The van der Waals surface area contributed by atoms with E-state index in [1.165, 1.54) is 11.1 Å². The van der Waals surface area contributed by atoms with Gasteiger partial charge in [0.1, 0.15) is 16.2 Å². The van der Waals surface area contributed by atoms with Crippen LogP contribution in [0, 0.1) is 13.8 Å². The lowest BCUT2D eigenvalue weighted by molar-refractivity contribution is 0.0240. The van der Waals surface area contributed by atoms with Gasteiger partial charge in [0.05, 0.1) is 5.39 Å². The predicted octanol–water partition coefficient (Wildman–Crippen LogP) is 5.69. The zero-order valence-electron chi connectivity index (χ0n) is 18.5. The van der Waals surface area contributed by atoms with Gasteiger partial charge in [0.25, 0.3) is 0 Å². The molecule has 8 heteroatoms. The molecule has 1 aromatic carbocycles. The second kappa shape index (κ2) is 8.28. The summed E-state index contributed by atoms with van der Waals surface area (Å²) in [4.78, 5) is 26.3. The number of anilines is 1. The van der Waals surface area contributed by atoms with Crippen molar-refractivity contribution in [1.82, 2.24) is 14.9 Å². The van der Waals surface area contributed by atoms with Crippen molar-refractivity contribution < 1.29 is 9.53 Å². The Morgan fingerprint density at radius 1 is 1.10 bits per heavy atom. The minimum atomic E-state index is -0.502. The standard InChI is InChI=1S/C23H27ClN4O2S/c1-14-6-7-16(12-15(14)2)17-13-31-20-18(17)19(25-21(24)26-20)27-8-10-28(11-9-27)22(29)30-23(3,4)5/h6-7,12-13H,8-11H2,1-5H3. The number of piperazine rings is 1. The maximum atomic E-state index is 12.4. The fourth-order valence-electron chi connectivity index (χ4n) is 3.68. The van der Waals surface area contributed by atoms with Gasteiger partial charge in [0, 0.05) is 37.1 Å². The van der Waals surface area contributed by atoms with Crippen LogP contribution in [-0.2, 0) is 4.74 Å². The number of rotatable bonds is 2. The predicted molar refractivity (Wildman–Crippen MR) is 127 cm³/mol. The summed E-state index contributed by atoms with van der Waals surface area (Å²) in [5.74, 6) is 0.827. The molecule has 1 aliphatic heterocycles. The molecule has 0 atom stereocenters. The van der Waals surface area contributed by atoms with E-state index in [2.05, 4.69) is 52.3 Å². The summed E-state index contributed by atoms with van der Waals surface area (Å²) in [6.07, 6.45) is -0.274. The van der Waals surface area contributed by atoms with Crippen LogP contribution in [-0.4, -0.2) is 52.7 Å². The molecule has 1 fully saturated rings. The lowest BCUT2D eigenvalue weighted by atomic mass is 10.0. The zero-order valence-corrected chi connectivity index (χ0v) is 20.1. The summed E-state index contributed by atoms with van der Waals surface area (Å²) in [7, 11) is 0. The number of nitrogens with zero attached hydrogens (tertiary/aromatic N) is 4. The van der Waals surface area contributed by atoms with Crippen molar-refractivity contribution in [3.63, 3.8) is 0 Å². The molecule has 4 rings (SSSR count). The van der Waals surface area contributed by atoms with Crippen LogP contribution in [0.5, 0.6) is 0 Å². The number of aromatic nitrogens is 2. The minimum absolute atomic E-state index is 0.241. The Bertz CT molecular complexity index is 1130. The molecule has 3 aromatic rings. The van der Waals surface area contributed by atoms with E-state index in [1.807, 2.05) is 20.8 Å². The second-order valence-electron chi connectivity index (χ2n) is 8.90. The van der Waals surface area contributed by atoms with Crippen molar-refractivity contribution in [2.45, 2.75) is 40.2 Å². The van der Waals surface area contributed by atoms with Crippen LogP contribution in [0.3, 0.4) is 0 Å². The minimum Gasteiger partial charge on any atom is -0.444 e. The van der Waals surface area contributed by atoms with E-state index in [0.29, 0.717) is 26.2 Å². The number of fused-ring (bicyclic) bond motifs is 1. The molecule has 3 heterocycles. The summed E-state index contributed by atoms with van der Waals surface area (Å²) in [6.45, 7) is 12.3. The monoisotopic (exact) mass is 458 g/mol. The third-order valence-corrected chi connectivity index (χ3v) is 6.48. The molecule has 6 nitrogen and oxygen atoms in total. The Morgan fingerprint density at radius 2 is 1.81 bits per heavy atom. The Balaban J connectivity index is 1.65. The molecule has 0 unspecified atom stereocenters. The van der Waals surface area contributed by atoms with Gasteiger partial charge in [-0.25, -0.2) is 9.78 Å². The van der Waals surface area contributed by atoms with Crippen molar-refractivity contribution in [1.29, 1.82) is 0 Å². The summed E-state index contributed by atoms with van der Waals surface area (Å²) in [6, 6.07) is 6.49. The summed E-state index contributed by atoms with van der Waals surface area (Å²) in [5.41, 5.74) is 4.27. The van der Waals surface area contributed by atoms with Crippen LogP contribution in [0.2, 0.25) is 5.28 Å². The summed E-state index contributed by atoms with van der Waals surface area (Å²) >= 11 is 7.85. The number of carbonyl (C=O) groups excluding carboxylic acids is 1. The van der Waals surface area contributed by atoms with Crippen LogP contribution in [0.15, 0.2) is 23.6 Å². The van der Waals surface area contributed by atoms with Gasteiger partial charge in [-0.05, 0) is 62.9 Å². The number of ether oxygens (including phenoxy) is 1. The van der Waals surface area contributed by atoms with Gasteiger partial charge < -0.3 is 14.5 Å². The van der Waals surface area contributed by atoms with Crippen LogP contribution in [0.4, 0.5) is 10.6 Å². The molecule has 0 aliphatic carbocycles. The highest BCUT2D eigenvalue weighted by atomic mass is 35.5. The number of hydrogen-bond acceptors (Lipinski definition) is 6. The highest BCUT2D eigenvalue weighted by Gasteiger charge is 2.28. The average molecular weight is 459 g/mol. The highest BCUT2D eigenvalue weighted by Crippen LogP contribution is 2.39. The lowest BCUT2D eigenvalue weighted by Gasteiger charge is -2.36. The van der Waals surface area contributed by atoms with E-state index in [0.717, 1.165) is 27.2 Å². The molecule has 1 amide bonds. The zero-order chi connectivity index (χ0) is 22.3. The Hall–Kier alpha value is -2.38. The first-order valence-corrected chi connectivity index (χ1v) is 11.6. The number of benzene rings is 1. The molecule has 164 valence electrons. The van der Waals surface area contributed by atoms with Crippen LogP contribution in [0.1, 0.15) is 31.9 Å². The van der Waals surface area contributed by atoms with Crippen molar-refractivity contribution in [2.75, 3.05) is 31.1 Å². The second-order valence-corrected chi connectivity index (χ2v) is 10.1. The Kier molecular flexibility index (Phi) is 5.83. The topological polar surface area (TPSA) is 58.6 Å². The third kappa shape index (κ3) is 4.62. The SMILES string of the molecule is Cc1ccc(-c2csc3nc(Cl)nc(N4CCN(C(=O)OC(C)(C)C)CC4)c23)cc1C. The molecule has 0 N–H and O–H groups in total. The van der Waals surface area contributed by atoms with Gasteiger partial charge in [-0.15, -0.1) is 11.3 Å². The van der Waals surface area contributed by atoms with Gasteiger partial charge in [0.2, 0.25) is 5.28 Å².